The molecule has 1 aromatic carbocycles. The Labute approximate surface area is 165 Å². The van der Waals surface area contributed by atoms with Gasteiger partial charge in [-0.25, -0.2) is 0 Å². The minimum Gasteiger partial charge on any atom is -0.369 e. The van der Waals surface area contributed by atoms with Crippen molar-refractivity contribution in [2.24, 2.45) is 18.7 Å². The van der Waals surface area contributed by atoms with Gasteiger partial charge in [0.05, 0.1) is 11.6 Å². The van der Waals surface area contributed by atoms with Gasteiger partial charge < -0.3 is 11.1 Å². The maximum atomic E-state index is 12.8. The van der Waals surface area contributed by atoms with Gasteiger partial charge in [-0.3, -0.25) is 19.2 Å². The van der Waals surface area contributed by atoms with Crippen molar-refractivity contribution in [1.82, 2.24) is 14.7 Å². The van der Waals surface area contributed by atoms with Crippen LogP contribution in [0.2, 0.25) is 0 Å². The maximum Gasteiger partial charge on any atom is 0.256 e. The van der Waals surface area contributed by atoms with E-state index in [1.807, 2.05) is 38.2 Å². The van der Waals surface area contributed by atoms with Gasteiger partial charge in [0, 0.05) is 31.3 Å². The Morgan fingerprint density at radius 2 is 2.14 bits per heavy atom. The van der Waals surface area contributed by atoms with Crippen molar-refractivity contribution in [2.45, 2.75) is 39.7 Å². The van der Waals surface area contributed by atoms with Crippen LogP contribution in [0.5, 0.6) is 0 Å². The van der Waals surface area contributed by atoms with E-state index in [4.69, 9.17) is 5.73 Å². The van der Waals surface area contributed by atoms with E-state index >= 15 is 0 Å². The molecule has 7 heteroatoms. The summed E-state index contributed by atoms with van der Waals surface area (Å²) in [6.45, 7) is 6.33. The number of nitrogens with two attached hydrogens (primary N) is 1. The number of carbonyl (C=O) groups is 2. The Balaban J connectivity index is 1.71. The van der Waals surface area contributed by atoms with Gasteiger partial charge in [-0.2, -0.15) is 5.10 Å². The van der Waals surface area contributed by atoms with Crippen molar-refractivity contribution in [1.29, 1.82) is 0 Å². The number of likely N-dealkylation sites (tertiary alicyclic amines) is 1. The van der Waals surface area contributed by atoms with Crippen molar-refractivity contribution in [3.8, 4) is 0 Å². The van der Waals surface area contributed by atoms with Crippen LogP contribution in [0.4, 0.5) is 5.82 Å². The molecule has 1 aliphatic heterocycles. The van der Waals surface area contributed by atoms with Crippen LogP contribution in [0.1, 0.15) is 46.9 Å². The predicted molar refractivity (Wildman–Crippen MR) is 109 cm³/mol. The first-order valence-electron chi connectivity index (χ1n) is 9.83. The second-order valence-corrected chi connectivity index (χ2v) is 7.52. The molecule has 2 amide bonds. The fraction of sp³-hybridized carbons (Fsp3) is 0.476. The SMILES string of the molecule is CCc1c(C)nn(C)c1NC(=O)c1cccc(CN2CCC[C@H](C(N)=O)C2)c1. The van der Waals surface area contributed by atoms with Crippen LogP contribution >= 0.6 is 0 Å². The molecular formula is C21H29N5O2. The van der Waals surface area contributed by atoms with E-state index in [0.29, 0.717) is 18.7 Å². The molecule has 1 fully saturated rings. The molecule has 1 atom stereocenters. The third-order valence-corrected chi connectivity index (χ3v) is 5.43. The standard InChI is InChI=1S/C21H29N5O2/c1-4-18-14(2)24-25(3)20(18)23-21(28)16-8-5-7-15(11-16)12-26-10-6-9-17(13-26)19(22)27/h5,7-8,11,17H,4,6,9-10,12-13H2,1-3H3,(H2,22,27)(H,23,28)/t17-/m0/s1. The largest absolute Gasteiger partial charge is 0.369 e. The van der Waals surface area contributed by atoms with Crippen LogP contribution < -0.4 is 11.1 Å². The molecule has 150 valence electrons. The molecule has 0 spiro atoms. The fourth-order valence-corrected chi connectivity index (χ4v) is 3.96. The number of hydrogen-bond acceptors (Lipinski definition) is 4. The summed E-state index contributed by atoms with van der Waals surface area (Å²) in [6, 6.07) is 7.64. The average Bonchev–Trinajstić information content (AvgIpc) is 2.94. The number of benzene rings is 1. The van der Waals surface area contributed by atoms with Crippen LogP contribution in [0.25, 0.3) is 0 Å². The van der Waals surface area contributed by atoms with Crippen molar-refractivity contribution >= 4 is 17.6 Å². The van der Waals surface area contributed by atoms with E-state index in [-0.39, 0.29) is 17.7 Å². The average molecular weight is 383 g/mol. The van der Waals surface area contributed by atoms with E-state index in [1.54, 1.807) is 4.68 Å². The summed E-state index contributed by atoms with van der Waals surface area (Å²) in [5, 5.41) is 7.41. The Morgan fingerprint density at radius 3 is 2.86 bits per heavy atom. The molecule has 0 bridgehead atoms. The lowest BCUT2D eigenvalue weighted by molar-refractivity contribution is -0.123. The minimum absolute atomic E-state index is 0.0826. The molecule has 3 rings (SSSR count). The lowest BCUT2D eigenvalue weighted by atomic mass is 9.97. The molecule has 0 unspecified atom stereocenters. The summed E-state index contributed by atoms with van der Waals surface area (Å²) in [7, 11) is 1.84. The van der Waals surface area contributed by atoms with Gasteiger partial charge in [0.2, 0.25) is 5.91 Å². The van der Waals surface area contributed by atoms with Crippen molar-refractivity contribution < 1.29 is 9.59 Å². The number of primary amides is 1. The quantitative estimate of drug-likeness (QED) is 0.800. The number of aromatic nitrogens is 2. The number of rotatable bonds is 6. The Morgan fingerprint density at radius 1 is 1.36 bits per heavy atom. The number of anilines is 1. The minimum atomic E-state index is -0.226. The highest BCUT2D eigenvalue weighted by Gasteiger charge is 2.24. The molecule has 0 aliphatic carbocycles. The molecule has 2 aromatic rings. The second kappa shape index (κ2) is 8.56. The van der Waals surface area contributed by atoms with E-state index < -0.39 is 0 Å². The first-order valence-corrected chi connectivity index (χ1v) is 9.83. The van der Waals surface area contributed by atoms with Crippen LogP contribution in [0.3, 0.4) is 0 Å². The number of amides is 2. The first kappa shape index (κ1) is 20.1. The maximum absolute atomic E-state index is 12.8. The third-order valence-electron chi connectivity index (χ3n) is 5.43. The van der Waals surface area contributed by atoms with Gasteiger partial charge in [0.15, 0.2) is 0 Å². The number of aryl methyl sites for hydroxylation is 2. The van der Waals surface area contributed by atoms with E-state index in [1.165, 1.54) is 0 Å². The number of hydrogen-bond donors (Lipinski definition) is 2. The highest BCUT2D eigenvalue weighted by Crippen LogP contribution is 2.21. The lowest BCUT2D eigenvalue weighted by Crippen LogP contribution is -2.40. The highest BCUT2D eigenvalue weighted by molar-refractivity contribution is 6.04. The van der Waals surface area contributed by atoms with Gasteiger partial charge in [-0.15, -0.1) is 0 Å². The Bertz CT molecular complexity index is 874. The van der Waals surface area contributed by atoms with Gasteiger partial charge in [0.1, 0.15) is 5.82 Å². The predicted octanol–water partition coefficient (Wildman–Crippen LogP) is 2.24. The lowest BCUT2D eigenvalue weighted by Gasteiger charge is -2.31. The molecule has 1 aliphatic rings. The summed E-state index contributed by atoms with van der Waals surface area (Å²) < 4.78 is 1.72. The zero-order chi connectivity index (χ0) is 20.3. The molecule has 0 radical (unpaired) electrons. The van der Waals surface area contributed by atoms with Crippen molar-refractivity contribution in [3.63, 3.8) is 0 Å². The van der Waals surface area contributed by atoms with Gasteiger partial charge in [0.25, 0.3) is 5.91 Å². The number of nitrogens with zero attached hydrogens (tertiary/aromatic N) is 3. The van der Waals surface area contributed by atoms with E-state index in [9.17, 15) is 9.59 Å². The summed E-state index contributed by atoms with van der Waals surface area (Å²) >= 11 is 0. The van der Waals surface area contributed by atoms with Crippen LogP contribution in [0.15, 0.2) is 24.3 Å². The molecule has 1 saturated heterocycles. The molecule has 3 N–H and O–H groups in total. The molecule has 1 aromatic heterocycles. The zero-order valence-electron chi connectivity index (χ0n) is 16.9. The van der Waals surface area contributed by atoms with Crippen LogP contribution in [-0.2, 0) is 24.8 Å². The zero-order valence-corrected chi connectivity index (χ0v) is 16.9. The smallest absolute Gasteiger partial charge is 0.256 e. The van der Waals surface area contributed by atoms with Crippen molar-refractivity contribution in [3.05, 3.63) is 46.6 Å². The number of piperidine rings is 1. The third kappa shape index (κ3) is 4.42. The fourth-order valence-electron chi connectivity index (χ4n) is 3.96. The molecule has 28 heavy (non-hydrogen) atoms. The number of nitrogens with one attached hydrogen (secondary N) is 1. The molecular weight excluding hydrogens is 354 g/mol. The van der Waals surface area contributed by atoms with Crippen LogP contribution in [0, 0.1) is 12.8 Å². The Hall–Kier alpha value is -2.67. The van der Waals surface area contributed by atoms with Gasteiger partial charge in [-0.05, 0) is 50.4 Å². The Kier molecular flexibility index (Phi) is 6.14. The van der Waals surface area contributed by atoms with Crippen LogP contribution in [-0.4, -0.2) is 39.6 Å². The summed E-state index contributed by atoms with van der Waals surface area (Å²) in [5.74, 6) is 0.292. The van der Waals surface area contributed by atoms with E-state index in [2.05, 4.69) is 22.2 Å². The van der Waals surface area contributed by atoms with Crippen molar-refractivity contribution in [2.75, 3.05) is 18.4 Å². The number of carbonyl (C=O) groups excluding carboxylic acids is 2. The first-order chi connectivity index (χ1) is 13.4. The monoisotopic (exact) mass is 383 g/mol. The van der Waals surface area contributed by atoms with Gasteiger partial charge in [-0.1, -0.05) is 19.1 Å². The molecule has 0 saturated carbocycles. The summed E-state index contributed by atoms with van der Waals surface area (Å²) in [6.07, 6.45) is 2.64. The summed E-state index contributed by atoms with van der Waals surface area (Å²) in [4.78, 5) is 26.5. The van der Waals surface area contributed by atoms with Gasteiger partial charge >= 0.3 is 0 Å². The summed E-state index contributed by atoms with van der Waals surface area (Å²) in [5.41, 5.74) is 9.12. The van der Waals surface area contributed by atoms with E-state index in [0.717, 1.165) is 48.4 Å². The second-order valence-electron chi connectivity index (χ2n) is 7.52. The topological polar surface area (TPSA) is 93.2 Å². The highest BCUT2D eigenvalue weighted by atomic mass is 16.2. The molecule has 7 nitrogen and oxygen atoms in total. The molecule has 2 heterocycles. The normalized spacial score (nSPS) is 17.5.